The van der Waals surface area contributed by atoms with Gasteiger partial charge >= 0.3 is 0 Å². The fourth-order valence-electron chi connectivity index (χ4n) is 2.53. The van der Waals surface area contributed by atoms with Gasteiger partial charge in [-0.25, -0.2) is 0 Å². The third kappa shape index (κ3) is 1.31. The van der Waals surface area contributed by atoms with Gasteiger partial charge in [0.25, 0.3) is 0 Å². The number of nitrogens with two attached hydrogens (primary N) is 1. The third-order valence-electron chi connectivity index (χ3n) is 3.87. The molecule has 2 fully saturated rings. The van der Waals surface area contributed by atoms with Gasteiger partial charge in [0.05, 0.1) is 0 Å². The van der Waals surface area contributed by atoms with E-state index in [2.05, 4.69) is 6.92 Å². The molecule has 0 bridgehead atoms. The van der Waals surface area contributed by atoms with E-state index >= 15 is 0 Å². The first-order valence-corrected chi connectivity index (χ1v) is 4.91. The average Bonchev–Trinajstić information content (AvgIpc) is 1.84. The van der Waals surface area contributed by atoms with E-state index in [0.29, 0.717) is 0 Å². The molecule has 2 aliphatic rings. The van der Waals surface area contributed by atoms with Crippen molar-refractivity contribution in [2.24, 2.45) is 11.1 Å². The first kappa shape index (κ1) is 7.60. The molecule has 2 saturated carbocycles. The molecule has 0 aromatic heterocycles. The van der Waals surface area contributed by atoms with Gasteiger partial charge in [-0.05, 0) is 50.9 Å². The van der Waals surface area contributed by atoms with Crippen molar-refractivity contribution in [2.45, 2.75) is 57.4 Å². The maximum atomic E-state index is 6.08. The van der Waals surface area contributed by atoms with Gasteiger partial charge in [0.15, 0.2) is 0 Å². The van der Waals surface area contributed by atoms with Crippen LogP contribution in [0.1, 0.15) is 51.9 Å². The van der Waals surface area contributed by atoms with Crippen molar-refractivity contribution in [1.82, 2.24) is 0 Å². The molecule has 0 aromatic rings. The number of hydrogen-bond donors (Lipinski definition) is 1. The van der Waals surface area contributed by atoms with Crippen LogP contribution in [0.4, 0.5) is 0 Å². The van der Waals surface area contributed by atoms with Crippen LogP contribution in [-0.4, -0.2) is 5.54 Å². The van der Waals surface area contributed by atoms with Gasteiger partial charge < -0.3 is 5.73 Å². The summed E-state index contributed by atoms with van der Waals surface area (Å²) in [5.74, 6) is 0. The van der Waals surface area contributed by atoms with Crippen LogP contribution >= 0.6 is 0 Å². The van der Waals surface area contributed by atoms with Crippen LogP contribution in [0.3, 0.4) is 0 Å². The van der Waals surface area contributed by atoms with Gasteiger partial charge in [-0.15, -0.1) is 0 Å². The van der Waals surface area contributed by atoms with Crippen molar-refractivity contribution in [3.05, 3.63) is 0 Å². The molecule has 1 nitrogen and oxygen atoms in total. The quantitative estimate of drug-likeness (QED) is 0.568. The Bertz CT molecular complexity index is 144. The second-order valence-electron chi connectivity index (χ2n) is 5.01. The summed E-state index contributed by atoms with van der Waals surface area (Å²) in [5, 5.41) is 0. The summed E-state index contributed by atoms with van der Waals surface area (Å²) < 4.78 is 0. The number of hydrogen-bond acceptors (Lipinski definition) is 1. The highest BCUT2D eigenvalue weighted by Crippen LogP contribution is 2.52. The van der Waals surface area contributed by atoms with Crippen molar-refractivity contribution in [1.29, 1.82) is 0 Å². The van der Waals surface area contributed by atoms with Crippen LogP contribution in [0.15, 0.2) is 0 Å². The minimum atomic E-state index is 0.167. The van der Waals surface area contributed by atoms with E-state index in [1.54, 1.807) is 0 Å². The lowest BCUT2D eigenvalue weighted by atomic mass is 9.58. The van der Waals surface area contributed by atoms with Crippen LogP contribution < -0.4 is 5.73 Å². The SMILES string of the molecule is CC1(N)CCC2(CCC2)CC1. The van der Waals surface area contributed by atoms with Crippen molar-refractivity contribution in [3.63, 3.8) is 0 Å². The predicted octanol–water partition coefficient (Wildman–Crippen LogP) is 2.45. The van der Waals surface area contributed by atoms with E-state index < -0.39 is 0 Å². The van der Waals surface area contributed by atoms with Crippen LogP contribution in [0.2, 0.25) is 0 Å². The van der Waals surface area contributed by atoms with Gasteiger partial charge in [0.1, 0.15) is 0 Å². The predicted molar refractivity (Wildman–Crippen MR) is 47.3 cm³/mol. The zero-order valence-corrected chi connectivity index (χ0v) is 7.53. The second-order valence-corrected chi connectivity index (χ2v) is 5.01. The van der Waals surface area contributed by atoms with E-state index in [4.69, 9.17) is 5.73 Å². The Hall–Kier alpha value is -0.0400. The maximum absolute atomic E-state index is 6.08. The van der Waals surface area contributed by atoms with Crippen molar-refractivity contribution >= 4 is 0 Å². The zero-order chi connectivity index (χ0) is 7.95. The van der Waals surface area contributed by atoms with Crippen molar-refractivity contribution in [2.75, 3.05) is 0 Å². The average molecular weight is 153 g/mol. The minimum Gasteiger partial charge on any atom is -0.325 e. The molecule has 0 aromatic carbocycles. The Labute approximate surface area is 69.4 Å². The van der Waals surface area contributed by atoms with Crippen molar-refractivity contribution in [3.8, 4) is 0 Å². The van der Waals surface area contributed by atoms with Crippen LogP contribution in [0, 0.1) is 5.41 Å². The van der Waals surface area contributed by atoms with E-state index in [9.17, 15) is 0 Å². The first-order valence-electron chi connectivity index (χ1n) is 4.91. The van der Waals surface area contributed by atoms with Gasteiger partial charge in [0.2, 0.25) is 0 Å². The van der Waals surface area contributed by atoms with Gasteiger partial charge in [-0.1, -0.05) is 6.42 Å². The molecule has 2 rings (SSSR count). The van der Waals surface area contributed by atoms with E-state index in [0.717, 1.165) is 5.41 Å². The Morgan fingerprint density at radius 3 is 1.82 bits per heavy atom. The maximum Gasteiger partial charge on any atom is 0.0126 e. The fraction of sp³-hybridized carbons (Fsp3) is 1.00. The largest absolute Gasteiger partial charge is 0.325 e. The lowest BCUT2D eigenvalue weighted by molar-refractivity contribution is 0.0501. The Kier molecular flexibility index (Phi) is 1.54. The molecule has 0 unspecified atom stereocenters. The molecule has 1 spiro atoms. The highest BCUT2D eigenvalue weighted by Gasteiger charge is 2.42. The lowest BCUT2D eigenvalue weighted by Gasteiger charge is -2.49. The van der Waals surface area contributed by atoms with E-state index in [1.807, 2.05) is 0 Å². The second kappa shape index (κ2) is 2.22. The molecular formula is C10H19N. The summed E-state index contributed by atoms with van der Waals surface area (Å²) in [6.07, 6.45) is 9.77. The van der Waals surface area contributed by atoms with Crippen LogP contribution in [-0.2, 0) is 0 Å². The molecule has 0 saturated heterocycles. The lowest BCUT2D eigenvalue weighted by Crippen LogP contribution is -2.45. The van der Waals surface area contributed by atoms with Gasteiger partial charge in [-0.3, -0.25) is 0 Å². The molecule has 1 heteroatoms. The molecule has 11 heavy (non-hydrogen) atoms. The summed E-state index contributed by atoms with van der Waals surface area (Å²) in [5.41, 5.74) is 7.02. The Morgan fingerprint density at radius 1 is 0.909 bits per heavy atom. The monoisotopic (exact) mass is 153 g/mol. The van der Waals surface area contributed by atoms with Gasteiger partial charge in [-0.2, -0.15) is 0 Å². The molecule has 0 radical (unpaired) electrons. The topological polar surface area (TPSA) is 26.0 Å². The summed E-state index contributed by atoms with van der Waals surface area (Å²) in [6, 6.07) is 0. The number of rotatable bonds is 0. The standard InChI is InChI=1S/C10H19N/c1-9(11)5-7-10(8-6-9)3-2-4-10/h2-8,11H2,1H3. The highest BCUT2D eigenvalue weighted by molar-refractivity contribution is 4.97. The van der Waals surface area contributed by atoms with E-state index in [-0.39, 0.29) is 5.54 Å². The van der Waals surface area contributed by atoms with Crippen LogP contribution in [0.25, 0.3) is 0 Å². The highest BCUT2D eigenvalue weighted by atomic mass is 14.7. The van der Waals surface area contributed by atoms with Crippen LogP contribution in [0.5, 0.6) is 0 Å². The molecule has 0 amide bonds. The molecular weight excluding hydrogens is 134 g/mol. The first-order chi connectivity index (χ1) is 5.12. The summed E-state index contributed by atoms with van der Waals surface area (Å²) in [6.45, 7) is 2.21. The normalized spacial score (nSPS) is 33.3. The van der Waals surface area contributed by atoms with Gasteiger partial charge in [0, 0.05) is 5.54 Å². The molecule has 64 valence electrons. The van der Waals surface area contributed by atoms with Crippen molar-refractivity contribution < 1.29 is 0 Å². The Morgan fingerprint density at radius 2 is 1.45 bits per heavy atom. The molecule has 0 atom stereocenters. The summed E-state index contributed by atoms with van der Waals surface area (Å²) in [4.78, 5) is 0. The summed E-state index contributed by atoms with van der Waals surface area (Å²) in [7, 11) is 0. The van der Waals surface area contributed by atoms with E-state index in [1.165, 1.54) is 44.9 Å². The molecule has 0 heterocycles. The molecule has 0 aliphatic heterocycles. The molecule has 2 N–H and O–H groups in total. The zero-order valence-electron chi connectivity index (χ0n) is 7.53. The summed E-state index contributed by atoms with van der Waals surface area (Å²) >= 11 is 0. The fourth-order valence-corrected chi connectivity index (χ4v) is 2.53. The third-order valence-corrected chi connectivity index (χ3v) is 3.87. The Balaban J connectivity index is 1.94. The smallest absolute Gasteiger partial charge is 0.0126 e. The minimum absolute atomic E-state index is 0.167. The molecule has 2 aliphatic carbocycles.